The van der Waals surface area contributed by atoms with Crippen molar-refractivity contribution in [2.24, 2.45) is 0 Å². The van der Waals surface area contributed by atoms with Crippen LogP contribution in [0.1, 0.15) is 11.1 Å². The molecule has 2 aliphatic rings. The maximum atomic E-state index is 13.9. The van der Waals surface area contributed by atoms with E-state index in [0.717, 1.165) is 5.56 Å². The molecule has 5 rings (SSSR count). The molecule has 3 amide bonds. The Kier molecular flexibility index (Phi) is 5.17. The van der Waals surface area contributed by atoms with Crippen molar-refractivity contribution in [3.8, 4) is 0 Å². The Labute approximate surface area is 194 Å². The normalized spacial score (nSPS) is 19.3. The Morgan fingerprint density at radius 2 is 1.82 bits per heavy atom. The number of hydrogen-bond donors (Lipinski definition) is 1. The molecule has 0 aliphatic carbocycles. The molecule has 2 heterocycles. The van der Waals surface area contributed by atoms with E-state index in [9.17, 15) is 18.8 Å². The molecule has 1 fully saturated rings. The molecule has 0 saturated carbocycles. The molecule has 2 aliphatic heterocycles. The summed E-state index contributed by atoms with van der Waals surface area (Å²) in [5.41, 5.74) is 3.30. The molecule has 8 heteroatoms. The van der Waals surface area contributed by atoms with Crippen molar-refractivity contribution in [3.63, 3.8) is 0 Å². The smallest absolute Gasteiger partial charge is 0.269 e. The van der Waals surface area contributed by atoms with Crippen LogP contribution in [0, 0.1) is 12.7 Å². The predicted octanol–water partition coefficient (Wildman–Crippen LogP) is 4.05. The third-order valence-corrected chi connectivity index (χ3v) is 7.14. The number of aryl methyl sites for hydroxylation is 1. The number of nitrogens with one attached hydrogen (secondary N) is 1. The molecule has 0 aromatic heterocycles. The second-order valence-corrected chi connectivity index (χ2v) is 9.13. The lowest BCUT2D eigenvalue weighted by molar-refractivity contribution is -0.124. The van der Waals surface area contributed by atoms with Crippen molar-refractivity contribution in [1.29, 1.82) is 0 Å². The quantitative estimate of drug-likeness (QED) is 0.637. The van der Waals surface area contributed by atoms with Crippen LogP contribution in [-0.2, 0) is 19.3 Å². The molecule has 33 heavy (non-hydrogen) atoms. The van der Waals surface area contributed by atoms with Gasteiger partial charge < -0.3 is 5.32 Å². The molecule has 1 atom stereocenters. The number of halogens is 1. The molecule has 3 aromatic rings. The first-order valence-corrected chi connectivity index (χ1v) is 11.4. The van der Waals surface area contributed by atoms with Gasteiger partial charge in [-0.15, -0.1) is 11.8 Å². The Bertz CT molecular complexity index is 1280. The van der Waals surface area contributed by atoms with E-state index in [1.165, 1.54) is 45.8 Å². The largest absolute Gasteiger partial charge is 0.325 e. The lowest BCUT2D eigenvalue weighted by Crippen LogP contribution is -2.50. The van der Waals surface area contributed by atoms with Gasteiger partial charge in [0.1, 0.15) is 12.4 Å². The van der Waals surface area contributed by atoms with Crippen LogP contribution in [0.25, 0.3) is 0 Å². The average Bonchev–Trinajstić information content (AvgIpc) is 3.26. The van der Waals surface area contributed by atoms with E-state index in [4.69, 9.17) is 0 Å². The van der Waals surface area contributed by atoms with Crippen molar-refractivity contribution in [2.45, 2.75) is 11.8 Å². The predicted molar refractivity (Wildman–Crippen MR) is 127 cm³/mol. The zero-order chi connectivity index (χ0) is 23.2. The van der Waals surface area contributed by atoms with Gasteiger partial charge in [0, 0.05) is 16.9 Å². The first-order chi connectivity index (χ1) is 15.9. The zero-order valence-corrected chi connectivity index (χ0v) is 18.6. The highest BCUT2D eigenvalue weighted by Crippen LogP contribution is 2.55. The zero-order valence-electron chi connectivity index (χ0n) is 17.7. The van der Waals surface area contributed by atoms with Gasteiger partial charge in [0.05, 0.1) is 11.4 Å². The summed E-state index contributed by atoms with van der Waals surface area (Å²) in [7, 11) is 0. The number of fused-ring (bicyclic) bond motifs is 2. The molecular formula is C25H20FN3O3S. The fourth-order valence-corrected chi connectivity index (χ4v) is 5.73. The second-order valence-electron chi connectivity index (χ2n) is 7.96. The van der Waals surface area contributed by atoms with E-state index < -0.39 is 10.7 Å². The molecule has 0 radical (unpaired) electrons. The Morgan fingerprint density at radius 3 is 2.58 bits per heavy atom. The molecule has 6 nitrogen and oxygen atoms in total. The Hall–Kier alpha value is -3.65. The van der Waals surface area contributed by atoms with Gasteiger partial charge in [0.15, 0.2) is 0 Å². The van der Waals surface area contributed by atoms with Crippen molar-refractivity contribution in [3.05, 3.63) is 89.7 Å². The van der Waals surface area contributed by atoms with E-state index in [-0.39, 0.29) is 30.0 Å². The maximum absolute atomic E-state index is 13.9. The highest BCUT2D eigenvalue weighted by atomic mass is 32.2. The summed E-state index contributed by atoms with van der Waals surface area (Å²) < 4.78 is 13.5. The minimum absolute atomic E-state index is 0.0980. The van der Waals surface area contributed by atoms with Crippen LogP contribution in [0.3, 0.4) is 0 Å². The van der Waals surface area contributed by atoms with E-state index in [1.807, 2.05) is 25.1 Å². The number of amides is 3. The molecule has 1 spiro atoms. The fourth-order valence-electron chi connectivity index (χ4n) is 4.37. The molecule has 166 valence electrons. The summed E-state index contributed by atoms with van der Waals surface area (Å²) in [5, 5.41) is 2.84. The van der Waals surface area contributed by atoms with Crippen LogP contribution < -0.4 is 15.1 Å². The van der Waals surface area contributed by atoms with E-state index in [2.05, 4.69) is 5.32 Å². The monoisotopic (exact) mass is 461 g/mol. The minimum Gasteiger partial charge on any atom is -0.325 e. The maximum Gasteiger partial charge on any atom is 0.269 e. The van der Waals surface area contributed by atoms with Crippen molar-refractivity contribution in [1.82, 2.24) is 0 Å². The SMILES string of the molecule is Cc1cccc(NC(=O)CN2C(=O)C3(SCC(=O)N3c3ccc(F)cc3)c3ccccc32)c1. The van der Waals surface area contributed by atoms with Crippen molar-refractivity contribution in [2.75, 3.05) is 27.4 Å². The topological polar surface area (TPSA) is 69.7 Å². The Balaban J connectivity index is 1.51. The number of para-hydroxylation sites is 1. The second kappa shape index (κ2) is 8.04. The fraction of sp³-hybridized carbons (Fsp3) is 0.160. The van der Waals surface area contributed by atoms with Gasteiger partial charge in [-0.2, -0.15) is 0 Å². The van der Waals surface area contributed by atoms with Gasteiger partial charge in [0.2, 0.25) is 16.7 Å². The number of thioether (sulfide) groups is 1. The number of carbonyl (C=O) groups excluding carboxylic acids is 3. The van der Waals surface area contributed by atoms with Crippen LogP contribution in [0.15, 0.2) is 72.8 Å². The lowest BCUT2D eigenvalue weighted by Gasteiger charge is -2.33. The number of benzene rings is 3. The van der Waals surface area contributed by atoms with Gasteiger partial charge in [-0.05, 0) is 55.0 Å². The summed E-state index contributed by atoms with van der Waals surface area (Å²) >= 11 is 1.21. The molecule has 1 unspecified atom stereocenters. The Morgan fingerprint density at radius 1 is 1.06 bits per heavy atom. The third-order valence-electron chi connectivity index (χ3n) is 5.75. The van der Waals surface area contributed by atoms with Crippen molar-refractivity contribution >= 4 is 46.5 Å². The van der Waals surface area contributed by atoms with E-state index in [0.29, 0.717) is 22.6 Å². The van der Waals surface area contributed by atoms with Crippen LogP contribution in [-0.4, -0.2) is 30.0 Å². The lowest BCUT2D eigenvalue weighted by atomic mass is 10.0. The van der Waals surface area contributed by atoms with Crippen LogP contribution in [0.4, 0.5) is 21.5 Å². The summed E-state index contributed by atoms with van der Waals surface area (Å²) in [4.78, 5) is 41.2. The standard InChI is InChI=1S/C25H20FN3O3S/c1-16-5-4-6-18(13-16)27-22(30)14-28-21-8-3-2-7-20(21)25(24(28)32)29(23(31)15-33-25)19-11-9-17(26)10-12-19/h2-13H,14-15H2,1H3,(H,27,30). The van der Waals surface area contributed by atoms with Crippen LogP contribution in [0.5, 0.6) is 0 Å². The molecule has 1 saturated heterocycles. The van der Waals surface area contributed by atoms with E-state index in [1.54, 1.807) is 30.3 Å². The van der Waals surface area contributed by atoms with Crippen LogP contribution >= 0.6 is 11.8 Å². The van der Waals surface area contributed by atoms with Crippen molar-refractivity contribution < 1.29 is 18.8 Å². The first kappa shape index (κ1) is 21.2. The minimum atomic E-state index is -1.34. The number of anilines is 3. The van der Waals surface area contributed by atoms with Gasteiger partial charge in [-0.3, -0.25) is 24.2 Å². The van der Waals surface area contributed by atoms with Gasteiger partial charge >= 0.3 is 0 Å². The van der Waals surface area contributed by atoms with E-state index >= 15 is 0 Å². The highest BCUT2D eigenvalue weighted by molar-refractivity contribution is 8.02. The summed E-state index contributed by atoms with van der Waals surface area (Å²) in [6.45, 7) is 1.73. The van der Waals surface area contributed by atoms with Crippen LogP contribution in [0.2, 0.25) is 0 Å². The summed E-state index contributed by atoms with van der Waals surface area (Å²) in [6, 6.07) is 20.1. The highest BCUT2D eigenvalue weighted by Gasteiger charge is 2.61. The number of nitrogens with zero attached hydrogens (tertiary/aromatic N) is 2. The van der Waals surface area contributed by atoms with Gasteiger partial charge in [-0.1, -0.05) is 30.3 Å². The van der Waals surface area contributed by atoms with Gasteiger partial charge in [0.25, 0.3) is 5.91 Å². The average molecular weight is 462 g/mol. The number of hydrogen-bond acceptors (Lipinski definition) is 4. The first-order valence-electron chi connectivity index (χ1n) is 10.4. The molecule has 0 bridgehead atoms. The third kappa shape index (κ3) is 3.47. The van der Waals surface area contributed by atoms with Gasteiger partial charge in [-0.25, -0.2) is 4.39 Å². The molecule has 3 aromatic carbocycles. The number of rotatable bonds is 4. The number of carbonyl (C=O) groups is 3. The summed E-state index contributed by atoms with van der Waals surface area (Å²) in [6.07, 6.45) is 0. The molecular weight excluding hydrogens is 441 g/mol. The summed E-state index contributed by atoms with van der Waals surface area (Å²) in [5.74, 6) is -1.30. The molecule has 1 N–H and O–H groups in total.